The summed E-state index contributed by atoms with van der Waals surface area (Å²) >= 11 is 0. The van der Waals surface area contributed by atoms with E-state index in [1.54, 1.807) is 19.2 Å². The lowest BCUT2D eigenvalue weighted by atomic mass is 9.92. The van der Waals surface area contributed by atoms with Crippen molar-refractivity contribution < 1.29 is 13.9 Å². The minimum Gasteiger partial charge on any atom is -0.383 e. The first kappa shape index (κ1) is 21.4. The number of aromatic nitrogens is 1. The van der Waals surface area contributed by atoms with Crippen molar-refractivity contribution in [1.82, 2.24) is 15.2 Å². The van der Waals surface area contributed by atoms with Gasteiger partial charge < -0.3 is 10.1 Å². The molecule has 29 heavy (non-hydrogen) atoms. The van der Waals surface area contributed by atoms with Gasteiger partial charge in [-0.05, 0) is 68.6 Å². The Bertz CT molecular complexity index is 789. The highest BCUT2D eigenvalue weighted by atomic mass is 19.1. The average molecular weight is 400 g/mol. The molecule has 1 aromatic carbocycles. The third kappa shape index (κ3) is 6.61. The average Bonchev–Trinajstić information content (AvgIpc) is 2.69. The Morgan fingerprint density at radius 2 is 2.07 bits per heavy atom. The zero-order valence-corrected chi connectivity index (χ0v) is 17.2. The number of rotatable bonds is 8. The molecule has 1 atom stereocenters. The molecule has 0 bridgehead atoms. The Morgan fingerprint density at radius 3 is 2.72 bits per heavy atom. The van der Waals surface area contributed by atoms with Gasteiger partial charge in [0.05, 0.1) is 13.2 Å². The number of nitrogens with one attached hydrogen (secondary N) is 1. The van der Waals surface area contributed by atoms with Crippen LogP contribution < -0.4 is 5.32 Å². The molecule has 1 aliphatic heterocycles. The summed E-state index contributed by atoms with van der Waals surface area (Å²) in [5.41, 5.74) is 3.13. The first-order chi connectivity index (χ1) is 14.0. The van der Waals surface area contributed by atoms with Gasteiger partial charge in [-0.1, -0.05) is 18.2 Å². The number of likely N-dealkylation sites (tertiary alicyclic amines) is 1. The molecular weight excluding hydrogens is 369 g/mol. The van der Waals surface area contributed by atoms with Crippen molar-refractivity contribution in [2.24, 2.45) is 0 Å². The van der Waals surface area contributed by atoms with Gasteiger partial charge in [0.15, 0.2) is 0 Å². The van der Waals surface area contributed by atoms with E-state index >= 15 is 0 Å². The summed E-state index contributed by atoms with van der Waals surface area (Å²) in [6, 6.07) is 10.9. The third-order valence-electron chi connectivity index (χ3n) is 5.34. The molecule has 0 aliphatic carbocycles. The minimum absolute atomic E-state index is 0.0279. The van der Waals surface area contributed by atoms with Crippen LogP contribution in [-0.4, -0.2) is 55.2 Å². The van der Waals surface area contributed by atoms with E-state index < -0.39 is 0 Å². The first-order valence-electron chi connectivity index (χ1n) is 10.2. The molecule has 1 fully saturated rings. The largest absolute Gasteiger partial charge is 0.383 e. The van der Waals surface area contributed by atoms with Crippen molar-refractivity contribution in [2.45, 2.75) is 38.1 Å². The summed E-state index contributed by atoms with van der Waals surface area (Å²) in [5.74, 6) is 0.262. The van der Waals surface area contributed by atoms with Crippen LogP contribution in [0.4, 0.5) is 4.39 Å². The molecular formula is C23H30FN3O2. The fourth-order valence-electron chi connectivity index (χ4n) is 3.87. The molecule has 1 N–H and O–H groups in total. The summed E-state index contributed by atoms with van der Waals surface area (Å²) in [7, 11) is 1.63. The number of methoxy groups -OCH3 is 1. The van der Waals surface area contributed by atoms with Crippen LogP contribution in [0.25, 0.3) is 0 Å². The van der Waals surface area contributed by atoms with Gasteiger partial charge in [0.2, 0.25) is 5.91 Å². The third-order valence-corrected chi connectivity index (χ3v) is 5.34. The molecule has 0 saturated carbocycles. The normalized spacial score (nSPS) is 16.5. The Morgan fingerprint density at radius 1 is 1.28 bits per heavy atom. The number of nitrogens with zero attached hydrogens (tertiary/aromatic N) is 2. The van der Waals surface area contributed by atoms with E-state index in [9.17, 15) is 9.18 Å². The zero-order valence-electron chi connectivity index (χ0n) is 17.2. The smallest absolute Gasteiger partial charge is 0.234 e. The van der Waals surface area contributed by atoms with Crippen LogP contribution in [0, 0.1) is 5.82 Å². The van der Waals surface area contributed by atoms with Crippen molar-refractivity contribution in [1.29, 1.82) is 0 Å². The Kier molecular flexibility index (Phi) is 7.72. The van der Waals surface area contributed by atoms with Gasteiger partial charge in [0.1, 0.15) is 5.82 Å². The maximum Gasteiger partial charge on any atom is 0.234 e. The summed E-state index contributed by atoms with van der Waals surface area (Å²) in [6.07, 6.45) is 4.58. The number of hydrogen-bond donors (Lipinski definition) is 1. The van der Waals surface area contributed by atoms with Crippen LogP contribution in [0.3, 0.4) is 0 Å². The molecule has 1 saturated heterocycles. The molecule has 0 unspecified atom stereocenters. The molecule has 156 valence electrons. The molecule has 2 aromatic rings. The second-order valence-corrected chi connectivity index (χ2v) is 7.87. The predicted molar refractivity (Wildman–Crippen MR) is 111 cm³/mol. The van der Waals surface area contributed by atoms with Crippen LogP contribution in [0.1, 0.15) is 42.5 Å². The van der Waals surface area contributed by atoms with Gasteiger partial charge in [-0.2, -0.15) is 0 Å². The minimum atomic E-state index is -0.208. The highest BCUT2D eigenvalue weighted by Gasteiger charge is 2.23. The maximum absolute atomic E-state index is 13.3. The SMILES string of the molecule is COC[C@H](C)NC(=O)CN1CCC(c2ccc(Cc3cccc(F)c3)cn2)CC1. The van der Waals surface area contributed by atoms with E-state index in [-0.39, 0.29) is 17.8 Å². The van der Waals surface area contributed by atoms with E-state index in [2.05, 4.69) is 27.3 Å². The summed E-state index contributed by atoms with van der Waals surface area (Å²) < 4.78 is 18.4. The van der Waals surface area contributed by atoms with E-state index in [1.165, 1.54) is 6.07 Å². The molecule has 1 amide bonds. The molecule has 6 heteroatoms. The van der Waals surface area contributed by atoms with Gasteiger partial charge in [-0.25, -0.2) is 4.39 Å². The molecule has 0 radical (unpaired) electrons. The van der Waals surface area contributed by atoms with Gasteiger partial charge in [-0.3, -0.25) is 14.7 Å². The van der Waals surface area contributed by atoms with Gasteiger partial charge in [0.25, 0.3) is 0 Å². The second-order valence-electron chi connectivity index (χ2n) is 7.87. The van der Waals surface area contributed by atoms with Crippen molar-refractivity contribution in [3.63, 3.8) is 0 Å². The highest BCUT2D eigenvalue weighted by molar-refractivity contribution is 5.78. The number of amides is 1. The van der Waals surface area contributed by atoms with Crippen molar-refractivity contribution >= 4 is 5.91 Å². The number of carbonyl (C=O) groups is 1. The molecule has 5 nitrogen and oxygen atoms in total. The Hall–Kier alpha value is -2.31. The Labute approximate surface area is 172 Å². The number of piperidine rings is 1. The molecule has 1 aliphatic rings. The second kappa shape index (κ2) is 10.5. The molecule has 1 aromatic heterocycles. The van der Waals surface area contributed by atoms with E-state index in [4.69, 9.17) is 4.74 Å². The molecule has 0 spiro atoms. The lowest BCUT2D eigenvalue weighted by Gasteiger charge is -2.31. The molecule has 3 rings (SSSR count). The van der Waals surface area contributed by atoms with E-state index in [0.29, 0.717) is 25.5 Å². The van der Waals surface area contributed by atoms with Crippen LogP contribution >= 0.6 is 0 Å². The van der Waals surface area contributed by atoms with Crippen molar-refractivity contribution in [2.75, 3.05) is 33.4 Å². The topological polar surface area (TPSA) is 54.5 Å². The van der Waals surface area contributed by atoms with Crippen molar-refractivity contribution in [3.8, 4) is 0 Å². The van der Waals surface area contributed by atoms with Gasteiger partial charge in [-0.15, -0.1) is 0 Å². The summed E-state index contributed by atoms with van der Waals surface area (Å²) in [4.78, 5) is 19.0. The summed E-state index contributed by atoms with van der Waals surface area (Å²) in [6.45, 7) is 4.68. The number of halogens is 1. The predicted octanol–water partition coefficient (Wildman–Crippen LogP) is 3.14. The Balaban J connectivity index is 1.46. The van der Waals surface area contributed by atoms with Crippen LogP contribution in [0.15, 0.2) is 42.6 Å². The standard InChI is InChI=1S/C23H30FN3O2/c1-17(16-29-2)26-23(28)15-27-10-8-20(9-11-27)22-7-6-19(14-25-22)12-18-4-3-5-21(24)13-18/h3-7,13-14,17,20H,8-12,15-16H2,1-2H3,(H,26,28)/t17-/m0/s1. The quantitative estimate of drug-likeness (QED) is 0.741. The number of pyridine rings is 1. The first-order valence-corrected chi connectivity index (χ1v) is 10.2. The fraction of sp³-hybridized carbons (Fsp3) is 0.478. The number of carbonyl (C=O) groups excluding carboxylic acids is 1. The van der Waals surface area contributed by atoms with E-state index in [0.717, 1.165) is 42.8 Å². The maximum atomic E-state index is 13.3. The highest BCUT2D eigenvalue weighted by Crippen LogP contribution is 2.26. The summed E-state index contributed by atoms with van der Waals surface area (Å²) in [5, 5.41) is 2.96. The fourth-order valence-corrected chi connectivity index (χ4v) is 3.87. The number of benzene rings is 1. The van der Waals surface area contributed by atoms with Gasteiger partial charge >= 0.3 is 0 Å². The van der Waals surface area contributed by atoms with Crippen LogP contribution in [-0.2, 0) is 16.0 Å². The van der Waals surface area contributed by atoms with E-state index in [1.807, 2.05) is 19.2 Å². The zero-order chi connectivity index (χ0) is 20.6. The van der Waals surface area contributed by atoms with Crippen molar-refractivity contribution in [3.05, 3.63) is 65.2 Å². The van der Waals surface area contributed by atoms with Gasteiger partial charge in [0, 0.05) is 31.0 Å². The monoisotopic (exact) mass is 399 g/mol. The van der Waals surface area contributed by atoms with Crippen LogP contribution in [0.2, 0.25) is 0 Å². The molecule has 2 heterocycles. The number of ether oxygens (including phenoxy) is 1. The lowest BCUT2D eigenvalue weighted by molar-refractivity contribution is -0.123. The number of hydrogen-bond acceptors (Lipinski definition) is 4. The lowest BCUT2D eigenvalue weighted by Crippen LogP contribution is -2.44. The van der Waals surface area contributed by atoms with Crippen LogP contribution in [0.5, 0.6) is 0 Å².